The van der Waals surface area contributed by atoms with Crippen LogP contribution in [0.25, 0.3) is 0 Å². The molecular formula is C42H63ClN4O3S. The number of halogens is 1. The fraction of sp³-hybridized carbons (Fsp3) is 0.643. The third kappa shape index (κ3) is 10.9. The Morgan fingerprint density at radius 2 is 1.73 bits per heavy atom. The predicted octanol–water partition coefficient (Wildman–Crippen LogP) is 7.82. The molecule has 2 aromatic rings. The number of aryl methyl sites for hydroxylation is 1. The van der Waals surface area contributed by atoms with Crippen molar-refractivity contribution in [1.82, 2.24) is 19.4 Å². The number of ether oxygens (including phenoxy) is 1. The van der Waals surface area contributed by atoms with E-state index in [2.05, 4.69) is 85.4 Å². The first-order valence-corrected chi connectivity index (χ1v) is 21.0. The third-order valence-electron chi connectivity index (χ3n) is 11.7. The molecular weight excluding hydrogens is 676 g/mol. The number of benzene rings is 2. The van der Waals surface area contributed by atoms with Crippen LogP contribution in [0.5, 0.6) is 5.75 Å². The number of hydrogen-bond acceptors (Lipinski definition) is 6. The summed E-state index contributed by atoms with van der Waals surface area (Å²) >= 11 is 6.50. The van der Waals surface area contributed by atoms with E-state index in [1.54, 1.807) is 12.1 Å². The predicted molar refractivity (Wildman–Crippen MR) is 213 cm³/mol. The zero-order valence-electron chi connectivity index (χ0n) is 32.2. The van der Waals surface area contributed by atoms with E-state index in [-0.39, 0.29) is 28.5 Å². The molecule has 7 atom stereocenters. The Hall–Kier alpha value is -2.23. The lowest BCUT2D eigenvalue weighted by molar-refractivity contribution is 0.0325. The van der Waals surface area contributed by atoms with E-state index < -0.39 is 11.0 Å². The van der Waals surface area contributed by atoms with E-state index in [4.69, 9.17) is 16.3 Å². The molecule has 9 heteroatoms. The average molecular weight is 740 g/mol. The average Bonchev–Trinajstić information content (AvgIpc) is 3.08. The number of carbonyl (C=O) groups is 1. The smallest absolute Gasteiger partial charge is 0.262 e. The summed E-state index contributed by atoms with van der Waals surface area (Å²) < 4.78 is 22.5. The Morgan fingerprint density at radius 1 is 1.00 bits per heavy atom. The Morgan fingerprint density at radius 3 is 2.37 bits per heavy atom. The number of nitrogens with one attached hydrogen (secondary N) is 1. The molecule has 282 valence electrons. The van der Waals surface area contributed by atoms with Crippen molar-refractivity contribution in [2.24, 2.45) is 23.7 Å². The number of nitrogens with zero attached hydrogens (tertiary/aromatic N) is 3. The zero-order valence-corrected chi connectivity index (χ0v) is 33.8. The van der Waals surface area contributed by atoms with Crippen molar-refractivity contribution in [3.8, 4) is 5.75 Å². The first-order chi connectivity index (χ1) is 24.3. The topological polar surface area (TPSA) is 65.1 Å². The number of hydrogen-bond donors (Lipinski definition) is 1. The van der Waals surface area contributed by atoms with Crippen LogP contribution in [0.3, 0.4) is 0 Å². The highest BCUT2D eigenvalue weighted by Gasteiger charge is 2.38. The molecule has 0 radical (unpaired) electrons. The summed E-state index contributed by atoms with van der Waals surface area (Å²) in [5.41, 5.74) is 3.27. The molecule has 3 heterocycles. The molecule has 1 saturated heterocycles. The van der Waals surface area contributed by atoms with E-state index in [1.165, 1.54) is 24.0 Å². The first kappa shape index (κ1) is 40.0. The monoisotopic (exact) mass is 738 g/mol. The minimum atomic E-state index is -1.49. The Labute approximate surface area is 316 Å². The Bertz CT molecular complexity index is 1490. The largest absolute Gasteiger partial charge is 0.493 e. The van der Waals surface area contributed by atoms with Crippen LogP contribution in [0.1, 0.15) is 94.6 Å². The minimum Gasteiger partial charge on any atom is -0.493 e. The van der Waals surface area contributed by atoms with Crippen molar-refractivity contribution in [3.63, 3.8) is 0 Å². The highest BCUT2D eigenvalue weighted by molar-refractivity contribution is 7.84. The number of piperazine rings is 1. The summed E-state index contributed by atoms with van der Waals surface area (Å²) in [6, 6.07) is 13.5. The van der Waals surface area contributed by atoms with Crippen molar-refractivity contribution in [1.29, 1.82) is 0 Å². The quantitative estimate of drug-likeness (QED) is 0.316. The maximum atomic E-state index is 13.3. The van der Waals surface area contributed by atoms with Gasteiger partial charge in [0.15, 0.2) is 0 Å². The minimum absolute atomic E-state index is 0.157. The van der Waals surface area contributed by atoms with Crippen LogP contribution in [0, 0.1) is 23.7 Å². The van der Waals surface area contributed by atoms with Gasteiger partial charge in [0, 0.05) is 67.9 Å². The Kier molecular flexibility index (Phi) is 14.3. The van der Waals surface area contributed by atoms with Gasteiger partial charge in [-0.15, -0.1) is 0 Å². The van der Waals surface area contributed by atoms with Gasteiger partial charge in [-0.05, 0) is 132 Å². The molecule has 7 unspecified atom stereocenters. The second-order valence-electron chi connectivity index (χ2n) is 16.5. The summed E-state index contributed by atoms with van der Waals surface area (Å²) in [5.74, 6) is 2.47. The summed E-state index contributed by atoms with van der Waals surface area (Å²) in [6.07, 6.45) is 10.2. The van der Waals surface area contributed by atoms with Gasteiger partial charge in [0.1, 0.15) is 16.7 Å². The molecule has 51 heavy (non-hydrogen) atoms. The number of amides is 1. The van der Waals surface area contributed by atoms with E-state index in [0.29, 0.717) is 29.9 Å². The molecule has 0 aromatic heterocycles. The van der Waals surface area contributed by atoms with Gasteiger partial charge < -0.3 is 14.5 Å². The maximum absolute atomic E-state index is 13.3. The molecule has 6 rings (SSSR count). The first-order valence-electron chi connectivity index (χ1n) is 19.4. The van der Waals surface area contributed by atoms with Crippen LogP contribution in [0.2, 0.25) is 5.02 Å². The molecule has 1 aliphatic carbocycles. The van der Waals surface area contributed by atoms with Gasteiger partial charge in [-0.2, -0.15) is 0 Å². The molecule has 2 fully saturated rings. The molecule has 0 spiro atoms. The van der Waals surface area contributed by atoms with Gasteiger partial charge in [0.05, 0.1) is 11.9 Å². The van der Waals surface area contributed by atoms with E-state index in [0.717, 1.165) is 75.8 Å². The SMILES string of the molecule is CCCc1cc(Cl)ccc1C1COc2ccc(cc2)C(=O)NS(=O)C(C)C(C)C/C=C/C(CN2CCN(C(C)(C)C)CC2)C2CCC2CN(C)C1. The number of allylic oxidation sites excluding steroid dienone is 1. The summed E-state index contributed by atoms with van der Waals surface area (Å²) in [5, 5.41) is 0.598. The van der Waals surface area contributed by atoms with Gasteiger partial charge in [-0.1, -0.05) is 50.1 Å². The summed E-state index contributed by atoms with van der Waals surface area (Å²) in [6.45, 7) is 21.3. The number of likely N-dealkylation sites (N-methyl/N-ethyl adjacent to an activating group) is 1. The van der Waals surface area contributed by atoms with Gasteiger partial charge in [-0.25, -0.2) is 4.21 Å². The standard InChI is InChI=1S/C42H63ClN4O3S/c1-8-10-33-25-37(43)16-20-39(33)36-27-45(7)26-35-15-19-40(35)34(28-46-21-23-47(24-22-46)42(4,5)6)12-9-11-30(2)31(3)51(49)44-41(48)32-13-17-38(18-14-32)50-29-36/h9,12-14,16-18,20,25,30-31,34-36,40H,8,10-11,15,19,21-24,26-29H2,1-7H3,(H,44,48)/b12-9+. The lowest BCUT2D eigenvalue weighted by Crippen LogP contribution is -2.54. The number of fused-ring (bicyclic) bond motifs is 14. The zero-order chi connectivity index (χ0) is 36.7. The molecule has 2 aromatic carbocycles. The van der Waals surface area contributed by atoms with Gasteiger partial charge in [0.2, 0.25) is 0 Å². The molecule has 2 bridgehead atoms. The van der Waals surface area contributed by atoms with Gasteiger partial charge >= 0.3 is 0 Å². The van der Waals surface area contributed by atoms with Crippen LogP contribution in [-0.2, 0) is 17.4 Å². The fourth-order valence-corrected chi connectivity index (χ4v) is 9.40. The number of rotatable bonds is 5. The molecule has 1 N–H and O–H groups in total. The molecule has 3 aliphatic heterocycles. The lowest BCUT2D eigenvalue weighted by Gasteiger charge is -2.47. The molecule has 1 amide bonds. The maximum Gasteiger partial charge on any atom is 0.262 e. The summed E-state index contributed by atoms with van der Waals surface area (Å²) in [4.78, 5) is 20.9. The number of carbonyl (C=O) groups excluding carboxylic acids is 1. The van der Waals surface area contributed by atoms with Crippen LogP contribution < -0.4 is 9.46 Å². The van der Waals surface area contributed by atoms with E-state index in [9.17, 15) is 9.00 Å². The summed E-state index contributed by atoms with van der Waals surface area (Å²) in [7, 11) is 0.785. The van der Waals surface area contributed by atoms with Crippen molar-refractivity contribution in [2.75, 3.05) is 59.5 Å². The van der Waals surface area contributed by atoms with Crippen molar-refractivity contribution < 1.29 is 13.7 Å². The second-order valence-corrected chi connectivity index (χ2v) is 18.5. The van der Waals surface area contributed by atoms with Gasteiger partial charge in [-0.3, -0.25) is 14.4 Å². The van der Waals surface area contributed by atoms with Crippen LogP contribution in [0.15, 0.2) is 54.6 Å². The van der Waals surface area contributed by atoms with Crippen LogP contribution in [-0.4, -0.2) is 95.1 Å². The van der Waals surface area contributed by atoms with E-state index >= 15 is 0 Å². The third-order valence-corrected chi connectivity index (χ3v) is 13.5. The van der Waals surface area contributed by atoms with Crippen molar-refractivity contribution in [2.45, 2.75) is 90.4 Å². The van der Waals surface area contributed by atoms with E-state index in [1.807, 2.05) is 25.1 Å². The molecule has 4 aliphatic rings. The second kappa shape index (κ2) is 18.2. The van der Waals surface area contributed by atoms with Crippen LogP contribution >= 0.6 is 11.6 Å². The Balaban J connectivity index is 1.40. The van der Waals surface area contributed by atoms with Crippen LogP contribution in [0.4, 0.5) is 0 Å². The van der Waals surface area contributed by atoms with Gasteiger partial charge in [0.25, 0.3) is 5.91 Å². The highest BCUT2D eigenvalue weighted by Crippen LogP contribution is 2.42. The highest BCUT2D eigenvalue weighted by atomic mass is 35.5. The fourth-order valence-electron chi connectivity index (χ4n) is 8.19. The van der Waals surface area contributed by atoms with Crippen molar-refractivity contribution >= 4 is 28.5 Å². The lowest BCUT2D eigenvalue weighted by atomic mass is 9.66. The molecule has 1 saturated carbocycles. The normalized spacial score (nSPS) is 30.4. The van der Waals surface area contributed by atoms with Crippen molar-refractivity contribution in [3.05, 3.63) is 76.3 Å². The molecule has 7 nitrogen and oxygen atoms in total.